The third-order valence-corrected chi connectivity index (χ3v) is 5.72. The predicted molar refractivity (Wildman–Crippen MR) is 97.7 cm³/mol. The molecule has 6 nitrogen and oxygen atoms in total. The fourth-order valence-electron chi connectivity index (χ4n) is 3.06. The first-order valence-corrected chi connectivity index (χ1v) is 10.4. The molecule has 0 aromatic rings. The van der Waals surface area contributed by atoms with E-state index in [2.05, 4.69) is 9.47 Å². The van der Waals surface area contributed by atoms with Crippen molar-refractivity contribution in [2.75, 3.05) is 13.2 Å². The van der Waals surface area contributed by atoms with Crippen LogP contribution >= 0.6 is 0 Å². The first-order valence-electron chi connectivity index (χ1n) is 10.4. The van der Waals surface area contributed by atoms with Gasteiger partial charge in [0.05, 0.1) is 25.4 Å². The smallest absolute Gasteiger partial charge is 0.366 e. The Labute approximate surface area is 194 Å². The highest BCUT2D eigenvalue weighted by molar-refractivity contribution is 5.09. The van der Waals surface area contributed by atoms with E-state index in [9.17, 15) is 43.9 Å². The van der Waals surface area contributed by atoms with E-state index in [4.69, 9.17) is 19.7 Å². The summed E-state index contributed by atoms with van der Waals surface area (Å²) in [5.74, 6) is -18.1. The molecule has 16 heteroatoms. The lowest BCUT2D eigenvalue weighted by molar-refractivity contribution is -0.411. The number of hydrogen-bond donors (Lipinski definition) is 2. The van der Waals surface area contributed by atoms with Crippen LogP contribution in [0.15, 0.2) is 0 Å². The molecule has 0 amide bonds. The van der Waals surface area contributed by atoms with Crippen molar-refractivity contribution in [2.24, 2.45) is 0 Å². The van der Waals surface area contributed by atoms with Crippen molar-refractivity contribution in [3.63, 3.8) is 0 Å². The van der Waals surface area contributed by atoms with Gasteiger partial charge in [-0.15, -0.1) is 0 Å². The minimum atomic E-state index is -5.60. The lowest BCUT2D eigenvalue weighted by atomic mass is 9.94. The fourth-order valence-corrected chi connectivity index (χ4v) is 3.06. The molecule has 0 spiro atoms. The second-order valence-corrected chi connectivity index (χ2v) is 8.49. The van der Waals surface area contributed by atoms with Gasteiger partial charge in [0.1, 0.15) is 0 Å². The highest BCUT2D eigenvalue weighted by Crippen LogP contribution is 2.54. The molecular weight excluding hydrogens is 514 g/mol. The van der Waals surface area contributed by atoms with Gasteiger partial charge in [-0.3, -0.25) is 0 Å². The van der Waals surface area contributed by atoms with E-state index in [1.807, 2.05) is 0 Å². The molecule has 0 radical (unpaired) electrons. The van der Waals surface area contributed by atoms with Gasteiger partial charge in [0.25, 0.3) is 0 Å². The zero-order chi connectivity index (χ0) is 27.9. The normalized spacial score (nSPS) is 36.4. The van der Waals surface area contributed by atoms with E-state index in [0.717, 1.165) is 6.92 Å². The van der Waals surface area contributed by atoms with Crippen molar-refractivity contribution in [1.82, 2.24) is 0 Å². The second kappa shape index (κ2) is 10.1. The minimum absolute atomic E-state index is 0.343. The van der Waals surface area contributed by atoms with E-state index in [-0.39, 0.29) is 0 Å². The van der Waals surface area contributed by atoms with Gasteiger partial charge in [-0.2, -0.15) is 43.9 Å². The molecule has 2 rings (SSSR count). The van der Waals surface area contributed by atoms with Crippen molar-refractivity contribution in [1.29, 1.82) is 0 Å². The summed E-state index contributed by atoms with van der Waals surface area (Å²) in [6.07, 6.45) is -13.9. The van der Waals surface area contributed by atoms with Crippen LogP contribution < -0.4 is 0 Å². The highest BCUT2D eigenvalue weighted by Gasteiger charge is 2.82. The number of rotatable bonds is 6. The van der Waals surface area contributed by atoms with Gasteiger partial charge in [0, 0.05) is 0 Å². The number of alkyl halides is 10. The van der Waals surface area contributed by atoms with Gasteiger partial charge < -0.3 is 29.2 Å². The lowest BCUT2D eigenvalue weighted by Crippen LogP contribution is -2.63. The van der Waals surface area contributed by atoms with Gasteiger partial charge >= 0.3 is 35.8 Å². The van der Waals surface area contributed by atoms with Gasteiger partial charge in [-0.05, 0) is 33.6 Å². The molecule has 2 saturated heterocycles. The summed E-state index contributed by atoms with van der Waals surface area (Å²) in [5.41, 5.74) is -2.52. The fraction of sp³-hybridized carbons (Fsp3) is 1.00. The monoisotopic (exact) mass is 542 g/mol. The summed E-state index contributed by atoms with van der Waals surface area (Å²) in [4.78, 5) is 0. The second-order valence-electron chi connectivity index (χ2n) is 8.49. The third kappa shape index (κ3) is 5.51. The third-order valence-electron chi connectivity index (χ3n) is 5.72. The summed E-state index contributed by atoms with van der Waals surface area (Å²) in [5, 5.41) is 18.0. The van der Waals surface area contributed by atoms with E-state index in [1.165, 1.54) is 13.8 Å². The maximum Gasteiger partial charge on any atom is 0.449 e. The average Bonchev–Trinajstić information content (AvgIpc) is 3.05. The van der Waals surface area contributed by atoms with Crippen molar-refractivity contribution in [2.45, 2.75) is 107 Å². The predicted octanol–water partition coefficient (Wildman–Crippen LogP) is 4.56. The quantitative estimate of drug-likeness (QED) is 0.480. The van der Waals surface area contributed by atoms with Crippen LogP contribution in [0, 0.1) is 0 Å². The molecule has 0 saturated carbocycles. The standard InChI is InChI=1S/C10H15F5O3.C9H13F5O3/c1-4-6(2)18-7(3)5-17-9(16,8(7,11)12)10(13,14)15;1-3-5(2)17-6-4-16-8(15,7(6,10)11)9(12,13)14/h6,16H,4-5H2,1-3H3;5-6,15H,3-4H2,1-2H3. The Hall–Kier alpha value is -0.940. The van der Waals surface area contributed by atoms with Crippen molar-refractivity contribution >= 4 is 0 Å². The minimum Gasteiger partial charge on any atom is -0.366 e. The summed E-state index contributed by atoms with van der Waals surface area (Å²) in [7, 11) is 0. The van der Waals surface area contributed by atoms with Crippen LogP contribution in [0.2, 0.25) is 0 Å². The van der Waals surface area contributed by atoms with Gasteiger partial charge in [-0.1, -0.05) is 13.8 Å². The van der Waals surface area contributed by atoms with Crippen LogP contribution in [0.25, 0.3) is 0 Å². The van der Waals surface area contributed by atoms with Crippen molar-refractivity contribution in [3.8, 4) is 0 Å². The Balaban J connectivity index is 0.000000351. The Morgan fingerprint density at radius 2 is 1.31 bits per heavy atom. The molecule has 210 valence electrons. The van der Waals surface area contributed by atoms with Crippen molar-refractivity contribution in [3.05, 3.63) is 0 Å². The highest BCUT2D eigenvalue weighted by atomic mass is 19.4. The largest absolute Gasteiger partial charge is 0.449 e. The van der Waals surface area contributed by atoms with E-state index in [0.29, 0.717) is 12.8 Å². The Bertz CT molecular complexity index is 717. The number of ether oxygens (including phenoxy) is 4. The number of halogens is 10. The summed E-state index contributed by atoms with van der Waals surface area (Å²) in [6.45, 7) is 4.91. The summed E-state index contributed by atoms with van der Waals surface area (Å²) in [6, 6.07) is 0. The molecule has 2 aliphatic rings. The van der Waals surface area contributed by atoms with Crippen LogP contribution in [-0.2, 0) is 18.9 Å². The molecule has 2 aliphatic heterocycles. The van der Waals surface area contributed by atoms with Gasteiger partial charge in [0.15, 0.2) is 11.7 Å². The summed E-state index contributed by atoms with van der Waals surface area (Å²) >= 11 is 0. The molecule has 0 bridgehead atoms. The molecule has 2 fully saturated rings. The summed E-state index contributed by atoms with van der Waals surface area (Å²) < 4.78 is 146. The molecule has 6 unspecified atom stereocenters. The Morgan fingerprint density at radius 1 is 0.857 bits per heavy atom. The maximum absolute atomic E-state index is 13.8. The van der Waals surface area contributed by atoms with Crippen LogP contribution in [0.1, 0.15) is 47.5 Å². The SMILES string of the molecule is CCC(C)OC1(C)COC(O)(C(F)(F)F)C1(F)F.CCC(C)OC1COC(O)(C(F)(F)F)C1(F)F. The van der Waals surface area contributed by atoms with E-state index < -0.39 is 72.9 Å². The molecule has 6 atom stereocenters. The van der Waals surface area contributed by atoms with Crippen LogP contribution in [0.3, 0.4) is 0 Å². The average molecular weight is 542 g/mol. The van der Waals surface area contributed by atoms with E-state index in [1.54, 1.807) is 13.8 Å². The number of hydrogen-bond acceptors (Lipinski definition) is 6. The van der Waals surface area contributed by atoms with Gasteiger partial charge in [-0.25, -0.2) is 0 Å². The molecule has 0 aromatic heterocycles. The van der Waals surface area contributed by atoms with Gasteiger partial charge in [0.2, 0.25) is 0 Å². The maximum atomic E-state index is 13.8. The molecule has 2 heterocycles. The Morgan fingerprint density at radius 3 is 1.66 bits per heavy atom. The zero-order valence-corrected chi connectivity index (χ0v) is 19.4. The zero-order valence-electron chi connectivity index (χ0n) is 19.4. The molecule has 0 aromatic carbocycles. The van der Waals surface area contributed by atoms with Crippen LogP contribution in [0.5, 0.6) is 0 Å². The molecular formula is C19H28F10O6. The van der Waals surface area contributed by atoms with Crippen LogP contribution in [0.4, 0.5) is 43.9 Å². The molecule has 35 heavy (non-hydrogen) atoms. The topological polar surface area (TPSA) is 77.4 Å². The van der Waals surface area contributed by atoms with Crippen LogP contribution in [-0.4, -0.2) is 83.1 Å². The first kappa shape index (κ1) is 32.1. The first-order chi connectivity index (χ1) is 15.5. The van der Waals surface area contributed by atoms with Crippen molar-refractivity contribution < 1.29 is 73.1 Å². The van der Waals surface area contributed by atoms with E-state index >= 15 is 0 Å². The molecule has 2 N–H and O–H groups in total. The number of aliphatic hydroxyl groups is 2. The Kier molecular flexibility index (Phi) is 9.24. The molecule has 0 aliphatic carbocycles. The lowest BCUT2D eigenvalue weighted by Gasteiger charge is -2.37.